The van der Waals surface area contributed by atoms with E-state index in [1.807, 2.05) is 0 Å². The van der Waals surface area contributed by atoms with Gasteiger partial charge in [-0.25, -0.2) is 9.78 Å². The standard InChI is InChI=1S/C14H12BrNO4/c1-8-10(14(17)18)4-6-13(16-8)20-12-5-3-9(19-2)7-11(12)15/h3-7H,1-2H3,(H,17,18). The second kappa shape index (κ2) is 5.92. The first-order valence-electron chi connectivity index (χ1n) is 5.73. The Labute approximate surface area is 124 Å². The Morgan fingerprint density at radius 3 is 2.60 bits per heavy atom. The van der Waals surface area contributed by atoms with Crippen molar-refractivity contribution in [1.29, 1.82) is 0 Å². The van der Waals surface area contributed by atoms with Crippen molar-refractivity contribution in [2.24, 2.45) is 0 Å². The minimum absolute atomic E-state index is 0.158. The number of rotatable bonds is 4. The van der Waals surface area contributed by atoms with Gasteiger partial charge in [-0.3, -0.25) is 0 Å². The van der Waals surface area contributed by atoms with Crippen LogP contribution in [0.3, 0.4) is 0 Å². The Morgan fingerprint density at radius 1 is 1.30 bits per heavy atom. The van der Waals surface area contributed by atoms with Gasteiger partial charge in [-0.05, 0) is 47.1 Å². The number of halogens is 1. The lowest BCUT2D eigenvalue weighted by molar-refractivity contribution is 0.0695. The van der Waals surface area contributed by atoms with E-state index < -0.39 is 5.97 Å². The number of aromatic nitrogens is 1. The Kier molecular flexibility index (Phi) is 4.24. The van der Waals surface area contributed by atoms with Crippen LogP contribution < -0.4 is 9.47 Å². The average molecular weight is 338 g/mol. The predicted octanol–water partition coefficient (Wildman–Crippen LogP) is 3.65. The number of nitrogens with zero attached hydrogens (tertiary/aromatic N) is 1. The number of hydrogen-bond acceptors (Lipinski definition) is 4. The molecule has 1 aromatic heterocycles. The molecule has 0 saturated heterocycles. The Hall–Kier alpha value is -2.08. The van der Waals surface area contributed by atoms with Gasteiger partial charge in [0.1, 0.15) is 11.5 Å². The van der Waals surface area contributed by atoms with E-state index in [4.69, 9.17) is 14.6 Å². The smallest absolute Gasteiger partial charge is 0.337 e. The lowest BCUT2D eigenvalue weighted by Crippen LogP contribution is -2.02. The lowest BCUT2D eigenvalue weighted by Gasteiger charge is -2.09. The Bertz CT molecular complexity index is 658. The zero-order valence-corrected chi connectivity index (χ0v) is 12.5. The summed E-state index contributed by atoms with van der Waals surface area (Å²) in [6.45, 7) is 1.62. The minimum Gasteiger partial charge on any atom is -0.497 e. The largest absolute Gasteiger partial charge is 0.497 e. The van der Waals surface area contributed by atoms with Gasteiger partial charge in [0.2, 0.25) is 5.88 Å². The molecule has 0 aliphatic carbocycles. The fourth-order valence-electron chi connectivity index (χ4n) is 1.62. The van der Waals surface area contributed by atoms with Gasteiger partial charge in [-0.1, -0.05) is 0 Å². The number of pyridine rings is 1. The van der Waals surface area contributed by atoms with Crippen LogP contribution >= 0.6 is 15.9 Å². The van der Waals surface area contributed by atoms with Crippen LogP contribution in [0, 0.1) is 6.92 Å². The van der Waals surface area contributed by atoms with E-state index >= 15 is 0 Å². The number of aromatic carboxylic acids is 1. The Morgan fingerprint density at radius 2 is 2.05 bits per heavy atom. The summed E-state index contributed by atoms with van der Waals surface area (Å²) < 4.78 is 11.4. The molecule has 6 heteroatoms. The van der Waals surface area contributed by atoms with Crippen molar-refractivity contribution in [2.75, 3.05) is 7.11 Å². The van der Waals surface area contributed by atoms with E-state index in [1.54, 1.807) is 32.2 Å². The fourth-order valence-corrected chi connectivity index (χ4v) is 2.06. The highest BCUT2D eigenvalue weighted by Crippen LogP contribution is 2.32. The SMILES string of the molecule is COc1ccc(Oc2ccc(C(=O)O)c(C)n2)c(Br)c1. The van der Waals surface area contributed by atoms with Crippen LogP contribution in [-0.4, -0.2) is 23.2 Å². The van der Waals surface area contributed by atoms with Gasteiger partial charge in [0, 0.05) is 6.07 Å². The molecule has 0 fully saturated rings. The molecule has 2 rings (SSSR count). The number of ether oxygens (including phenoxy) is 2. The summed E-state index contributed by atoms with van der Waals surface area (Å²) in [6, 6.07) is 8.27. The molecule has 20 heavy (non-hydrogen) atoms. The topological polar surface area (TPSA) is 68.7 Å². The third-order valence-corrected chi connectivity index (χ3v) is 3.26. The van der Waals surface area contributed by atoms with E-state index in [1.165, 1.54) is 12.1 Å². The van der Waals surface area contributed by atoms with E-state index in [2.05, 4.69) is 20.9 Å². The van der Waals surface area contributed by atoms with Crippen LogP contribution in [-0.2, 0) is 0 Å². The molecule has 0 bridgehead atoms. The number of hydrogen-bond donors (Lipinski definition) is 1. The van der Waals surface area contributed by atoms with Gasteiger partial charge in [-0.2, -0.15) is 0 Å². The number of carbonyl (C=O) groups is 1. The van der Waals surface area contributed by atoms with Crippen LogP contribution in [0.2, 0.25) is 0 Å². The average Bonchev–Trinajstić information content (AvgIpc) is 2.40. The first-order chi connectivity index (χ1) is 9.51. The summed E-state index contributed by atoms with van der Waals surface area (Å²) in [5.74, 6) is 0.598. The minimum atomic E-state index is -1.01. The number of aryl methyl sites for hydroxylation is 1. The first kappa shape index (κ1) is 14.3. The molecule has 0 aliphatic rings. The molecule has 1 N–H and O–H groups in total. The third kappa shape index (κ3) is 3.08. The molecule has 104 valence electrons. The molecule has 0 saturated carbocycles. The van der Waals surface area contributed by atoms with Crippen LogP contribution in [0.4, 0.5) is 0 Å². The molecule has 1 heterocycles. The highest BCUT2D eigenvalue weighted by molar-refractivity contribution is 9.10. The molecule has 0 aliphatic heterocycles. The summed E-state index contributed by atoms with van der Waals surface area (Å²) >= 11 is 3.37. The van der Waals surface area contributed by atoms with Gasteiger partial charge in [0.15, 0.2) is 0 Å². The Balaban J connectivity index is 2.26. The van der Waals surface area contributed by atoms with E-state index in [0.29, 0.717) is 23.1 Å². The number of benzene rings is 1. The summed E-state index contributed by atoms with van der Waals surface area (Å²) in [7, 11) is 1.58. The fraction of sp³-hybridized carbons (Fsp3) is 0.143. The van der Waals surface area contributed by atoms with Crippen molar-refractivity contribution < 1.29 is 19.4 Å². The van der Waals surface area contributed by atoms with Crippen LogP contribution in [0.5, 0.6) is 17.4 Å². The number of methoxy groups -OCH3 is 1. The highest BCUT2D eigenvalue weighted by Gasteiger charge is 2.11. The summed E-state index contributed by atoms with van der Waals surface area (Å²) in [5.41, 5.74) is 0.561. The summed E-state index contributed by atoms with van der Waals surface area (Å²) in [5, 5.41) is 8.95. The molecular formula is C14H12BrNO4. The van der Waals surface area contributed by atoms with Crippen molar-refractivity contribution in [1.82, 2.24) is 4.98 Å². The molecule has 1 aromatic carbocycles. The van der Waals surface area contributed by atoms with Gasteiger partial charge in [0.05, 0.1) is 22.8 Å². The molecule has 0 unspecified atom stereocenters. The zero-order chi connectivity index (χ0) is 14.7. The summed E-state index contributed by atoms with van der Waals surface area (Å²) in [4.78, 5) is 15.0. The molecule has 0 spiro atoms. The van der Waals surface area contributed by atoms with E-state index in [9.17, 15) is 4.79 Å². The van der Waals surface area contributed by atoms with Crippen LogP contribution in [0.15, 0.2) is 34.8 Å². The first-order valence-corrected chi connectivity index (χ1v) is 6.53. The maximum atomic E-state index is 10.9. The number of carboxylic acids is 1. The zero-order valence-electron chi connectivity index (χ0n) is 10.9. The molecule has 5 nitrogen and oxygen atoms in total. The van der Waals surface area contributed by atoms with Gasteiger partial charge in [-0.15, -0.1) is 0 Å². The van der Waals surface area contributed by atoms with Gasteiger partial charge < -0.3 is 14.6 Å². The third-order valence-electron chi connectivity index (χ3n) is 2.64. The molecular weight excluding hydrogens is 326 g/mol. The second-order valence-electron chi connectivity index (χ2n) is 3.99. The van der Waals surface area contributed by atoms with Crippen molar-refractivity contribution in [3.63, 3.8) is 0 Å². The molecule has 2 aromatic rings. The van der Waals surface area contributed by atoms with Crippen molar-refractivity contribution >= 4 is 21.9 Å². The molecule has 0 atom stereocenters. The van der Waals surface area contributed by atoms with Gasteiger partial charge in [0.25, 0.3) is 0 Å². The summed E-state index contributed by atoms with van der Waals surface area (Å²) in [6.07, 6.45) is 0. The normalized spacial score (nSPS) is 10.2. The van der Waals surface area contributed by atoms with E-state index in [0.717, 1.165) is 4.47 Å². The lowest BCUT2D eigenvalue weighted by atomic mass is 10.2. The van der Waals surface area contributed by atoms with Crippen molar-refractivity contribution in [2.45, 2.75) is 6.92 Å². The molecule has 0 radical (unpaired) electrons. The maximum Gasteiger partial charge on any atom is 0.337 e. The molecule has 0 amide bonds. The van der Waals surface area contributed by atoms with Crippen LogP contribution in [0.25, 0.3) is 0 Å². The maximum absolute atomic E-state index is 10.9. The van der Waals surface area contributed by atoms with Gasteiger partial charge >= 0.3 is 5.97 Å². The number of carboxylic acid groups (broad SMARTS) is 1. The van der Waals surface area contributed by atoms with Crippen molar-refractivity contribution in [3.05, 3.63) is 46.1 Å². The van der Waals surface area contributed by atoms with E-state index in [-0.39, 0.29) is 5.56 Å². The quantitative estimate of drug-likeness (QED) is 0.922. The van der Waals surface area contributed by atoms with Crippen LogP contribution in [0.1, 0.15) is 16.1 Å². The monoisotopic (exact) mass is 337 g/mol. The van der Waals surface area contributed by atoms with Crippen molar-refractivity contribution in [3.8, 4) is 17.4 Å². The highest BCUT2D eigenvalue weighted by atomic mass is 79.9. The predicted molar refractivity (Wildman–Crippen MR) is 76.7 cm³/mol. The second-order valence-corrected chi connectivity index (χ2v) is 4.84.